The third-order valence-corrected chi connectivity index (χ3v) is 4.07. The van der Waals surface area contributed by atoms with Crippen LogP contribution in [-0.2, 0) is 16.1 Å². The van der Waals surface area contributed by atoms with Crippen molar-refractivity contribution in [3.05, 3.63) is 76.6 Å². The Labute approximate surface area is 170 Å². The minimum absolute atomic E-state index is 0.00685. The average molecular weight is 427 g/mol. The number of hydrogen-bond donors (Lipinski definition) is 2. The lowest BCUT2D eigenvalue weighted by Crippen LogP contribution is -2.31. The van der Waals surface area contributed by atoms with Crippen LogP contribution in [0.4, 0.5) is 13.2 Å². The van der Waals surface area contributed by atoms with Crippen LogP contribution in [-0.4, -0.2) is 25.0 Å². The van der Waals surface area contributed by atoms with Gasteiger partial charge in [-0.25, -0.2) is 13.2 Å². The predicted octanol–water partition coefficient (Wildman–Crippen LogP) is 3.52. The van der Waals surface area contributed by atoms with Gasteiger partial charge in [-0.2, -0.15) is 0 Å². The zero-order chi connectivity index (χ0) is 21.4. The lowest BCUT2D eigenvalue weighted by atomic mass is 10.1. The second-order valence-electron chi connectivity index (χ2n) is 6.00. The summed E-state index contributed by atoms with van der Waals surface area (Å²) in [6, 6.07) is 7.13. The summed E-state index contributed by atoms with van der Waals surface area (Å²) in [6.45, 7) is 3.43. The van der Waals surface area contributed by atoms with Gasteiger partial charge in [0.2, 0.25) is 5.91 Å². The van der Waals surface area contributed by atoms with Gasteiger partial charge in [-0.15, -0.1) is 0 Å². The highest BCUT2D eigenvalue weighted by atomic mass is 35.5. The van der Waals surface area contributed by atoms with E-state index in [1.54, 1.807) is 0 Å². The van der Waals surface area contributed by atoms with E-state index < -0.39 is 29.3 Å². The first kappa shape index (κ1) is 22.3. The molecule has 0 aromatic heterocycles. The van der Waals surface area contributed by atoms with Gasteiger partial charge in [0.25, 0.3) is 5.91 Å². The minimum Gasteiger partial charge on any atom is -0.484 e. The highest BCUT2D eigenvalue weighted by molar-refractivity contribution is 6.30. The molecule has 9 heteroatoms. The first-order valence-corrected chi connectivity index (χ1v) is 8.88. The lowest BCUT2D eigenvalue weighted by Gasteiger charge is -2.10. The summed E-state index contributed by atoms with van der Waals surface area (Å²) in [6.07, 6.45) is 0.172. The van der Waals surface area contributed by atoms with E-state index in [-0.39, 0.29) is 42.5 Å². The van der Waals surface area contributed by atoms with Gasteiger partial charge in [0.05, 0.1) is 5.02 Å². The van der Waals surface area contributed by atoms with E-state index in [1.165, 1.54) is 18.2 Å². The molecule has 2 aromatic carbocycles. The van der Waals surface area contributed by atoms with Crippen molar-refractivity contribution in [3.8, 4) is 5.75 Å². The molecule has 0 saturated carbocycles. The maximum absolute atomic E-state index is 13.3. The third-order valence-electron chi connectivity index (χ3n) is 3.77. The van der Waals surface area contributed by atoms with Crippen LogP contribution in [0.1, 0.15) is 12.0 Å². The number of carbonyl (C=O) groups excluding carboxylic acids is 2. The van der Waals surface area contributed by atoms with Gasteiger partial charge in [-0.3, -0.25) is 9.59 Å². The number of hydrogen-bond acceptors (Lipinski definition) is 3. The molecule has 0 aliphatic rings. The molecule has 154 valence electrons. The van der Waals surface area contributed by atoms with Crippen LogP contribution in [0, 0.1) is 17.5 Å². The molecule has 0 aliphatic heterocycles. The first-order chi connectivity index (χ1) is 13.8. The number of amides is 2. The summed E-state index contributed by atoms with van der Waals surface area (Å²) in [4.78, 5) is 23.7. The van der Waals surface area contributed by atoms with Gasteiger partial charge in [-0.1, -0.05) is 24.2 Å². The normalized spacial score (nSPS) is 10.3. The molecule has 2 amide bonds. The van der Waals surface area contributed by atoms with Gasteiger partial charge in [0, 0.05) is 24.7 Å². The highest BCUT2D eigenvalue weighted by Gasteiger charge is 2.10. The third kappa shape index (κ3) is 7.15. The second kappa shape index (κ2) is 10.5. The topological polar surface area (TPSA) is 67.4 Å². The standard InChI is InChI=1S/C20H18ClF3N2O3/c1-12(20(28)26-10-13-2-5-16(22)18(24)8-13)6-7-25-19(27)11-29-14-3-4-15(21)17(23)9-14/h2-5,8-9H,1,6-7,10-11H2,(H,25,27)(H,26,28). The summed E-state index contributed by atoms with van der Waals surface area (Å²) in [5.74, 6) is -3.40. The SMILES string of the molecule is C=C(CCNC(=O)COc1ccc(Cl)c(F)c1)C(=O)NCc1ccc(F)c(F)c1. The van der Waals surface area contributed by atoms with Gasteiger partial charge in [0.1, 0.15) is 11.6 Å². The van der Waals surface area contributed by atoms with Crippen LogP contribution in [0.25, 0.3) is 0 Å². The fraction of sp³-hybridized carbons (Fsp3) is 0.200. The molecule has 0 heterocycles. The van der Waals surface area contributed by atoms with Crippen LogP contribution in [0.3, 0.4) is 0 Å². The molecule has 0 saturated heterocycles. The molecule has 2 N–H and O–H groups in total. The van der Waals surface area contributed by atoms with E-state index in [2.05, 4.69) is 17.2 Å². The molecule has 2 aromatic rings. The summed E-state index contributed by atoms with van der Waals surface area (Å²) in [7, 11) is 0. The Hall–Kier alpha value is -3.00. The number of ether oxygens (including phenoxy) is 1. The number of benzene rings is 2. The van der Waals surface area contributed by atoms with Crippen molar-refractivity contribution >= 4 is 23.4 Å². The molecule has 0 spiro atoms. The Morgan fingerprint density at radius 2 is 1.76 bits per heavy atom. The Morgan fingerprint density at radius 1 is 1.00 bits per heavy atom. The summed E-state index contributed by atoms with van der Waals surface area (Å²) in [5, 5.41) is 5.01. The average Bonchev–Trinajstić information content (AvgIpc) is 2.69. The fourth-order valence-electron chi connectivity index (χ4n) is 2.19. The fourth-order valence-corrected chi connectivity index (χ4v) is 2.31. The van der Waals surface area contributed by atoms with Crippen molar-refractivity contribution in [2.75, 3.05) is 13.2 Å². The van der Waals surface area contributed by atoms with Crippen LogP contribution in [0.15, 0.2) is 48.6 Å². The van der Waals surface area contributed by atoms with Crippen molar-refractivity contribution < 1.29 is 27.5 Å². The Balaban J connectivity index is 1.67. The molecule has 29 heavy (non-hydrogen) atoms. The van der Waals surface area contributed by atoms with Crippen LogP contribution >= 0.6 is 11.6 Å². The summed E-state index contributed by atoms with van der Waals surface area (Å²) < 4.78 is 44.4. The molecule has 0 unspecified atom stereocenters. The van der Waals surface area contributed by atoms with Crippen molar-refractivity contribution in [3.63, 3.8) is 0 Å². The minimum atomic E-state index is -0.998. The van der Waals surface area contributed by atoms with Crippen molar-refractivity contribution in [1.29, 1.82) is 0 Å². The molecule has 5 nitrogen and oxygen atoms in total. The molecular weight excluding hydrogens is 409 g/mol. The number of carbonyl (C=O) groups is 2. The molecule has 2 rings (SSSR count). The highest BCUT2D eigenvalue weighted by Crippen LogP contribution is 2.20. The first-order valence-electron chi connectivity index (χ1n) is 8.50. The van der Waals surface area contributed by atoms with Crippen LogP contribution in [0.5, 0.6) is 5.75 Å². The Morgan fingerprint density at radius 3 is 2.45 bits per heavy atom. The summed E-state index contributed by atoms with van der Waals surface area (Å²) >= 11 is 5.55. The quantitative estimate of drug-likeness (QED) is 0.603. The van der Waals surface area contributed by atoms with Gasteiger partial charge in [-0.05, 0) is 36.2 Å². The van der Waals surface area contributed by atoms with E-state index in [0.717, 1.165) is 18.2 Å². The second-order valence-corrected chi connectivity index (χ2v) is 6.41. The van der Waals surface area contributed by atoms with Crippen LogP contribution < -0.4 is 15.4 Å². The number of nitrogens with one attached hydrogen (secondary N) is 2. The molecular formula is C20H18ClF3N2O3. The van der Waals surface area contributed by atoms with Gasteiger partial charge in [0.15, 0.2) is 18.2 Å². The Kier molecular flexibility index (Phi) is 8.09. The molecule has 0 atom stereocenters. The number of rotatable bonds is 9. The lowest BCUT2D eigenvalue weighted by molar-refractivity contribution is -0.123. The van der Waals surface area contributed by atoms with E-state index in [9.17, 15) is 22.8 Å². The van der Waals surface area contributed by atoms with E-state index in [0.29, 0.717) is 5.56 Å². The maximum Gasteiger partial charge on any atom is 0.257 e. The zero-order valence-electron chi connectivity index (χ0n) is 15.2. The Bertz CT molecular complexity index is 922. The summed E-state index contributed by atoms with van der Waals surface area (Å²) in [5.41, 5.74) is 0.600. The largest absolute Gasteiger partial charge is 0.484 e. The van der Waals surface area contributed by atoms with Crippen LogP contribution in [0.2, 0.25) is 5.02 Å². The predicted molar refractivity (Wildman–Crippen MR) is 102 cm³/mol. The van der Waals surface area contributed by atoms with Crippen molar-refractivity contribution in [2.45, 2.75) is 13.0 Å². The van der Waals surface area contributed by atoms with E-state index >= 15 is 0 Å². The molecule has 0 aliphatic carbocycles. The van der Waals surface area contributed by atoms with Crippen molar-refractivity contribution in [1.82, 2.24) is 10.6 Å². The van der Waals surface area contributed by atoms with Gasteiger partial charge < -0.3 is 15.4 Å². The smallest absolute Gasteiger partial charge is 0.257 e. The monoisotopic (exact) mass is 426 g/mol. The zero-order valence-corrected chi connectivity index (χ0v) is 16.0. The van der Waals surface area contributed by atoms with Crippen molar-refractivity contribution in [2.24, 2.45) is 0 Å². The van der Waals surface area contributed by atoms with E-state index in [4.69, 9.17) is 16.3 Å². The number of halogens is 4. The van der Waals surface area contributed by atoms with Gasteiger partial charge >= 0.3 is 0 Å². The molecule has 0 radical (unpaired) electrons. The maximum atomic E-state index is 13.3. The molecule has 0 fully saturated rings. The van der Waals surface area contributed by atoms with E-state index in [1.807, 2.05) is 0 Å². The molecule has 0 bridgehead atoms.